The van der Waals surface area contributed by atoms with E-state index in [1.54, 1.807) is 0 Å². The highest BCUT2D eigenvalue weighted by Gasteiger charge is 2.38. The maximum Gasteiger partial charge on any atom is 0.0526 e. The van der Waals surface area contributed by atoms with Crippen LogP contribution in [0.4, 0.5) is 0 Å². The molecule has 4 nitrogen and oxygen atoms in total. The first-order valence-electron chi connectivity index (χ1n) is 11.9. The second-order valence-corrected chi connectivity index (χ2v) is 10.7. The molecule has 0 bridgehead atoms. The van der Waals surface area contributed by atoms with Gasteiger partial charge >= 0.3 is 0 Å². The van der Waals surface area contributed by atoms with E-state index < -0.39 is 0 Å². The van der Waals surface area contributed by atoms with E-state index in [1.807, 2.05) is 25.8 Å². The van der Waals surface area contributed by atoms with Crippen LogP contribution in [0.5, 0.6) is 0 Å². The summed E-state index contributed by atoms with van der Waals surface area (Å²) in [6.07, 6.45) is 3.53. The molecule has 0 unspecified atom stereocenters. The molecule has 1 heterocycles. The Labute approximate surface area is 190 Å². The van der Waals surface area contributed by atoms with Gasteiger partial charge in [0.25, 0.3) is 0 Å². The van der Waals surface area contributed by atoms with E-state index in [1.165, 1.54) is 18.5 Å². The number of rotatable bonds is 7. The van der Waals surface area contributed by atoms with Gasteiger partial charge in [-0.15, -0.1) is 0 Å². The smallest absolute Gasteiger partial charge is 0.0526 e. The standard InChI is InChI=1S/C13H26N2.C11H24N2.C2H6/c1-7-8-9-15-10-12(3,4)14-13(5,6)11(15)2;1-8-10(4,5)13(12)11(6,7)9(2)3;1-2/h14H,2,7-10H2,1,3-6H3;2,8,12H2,1,3-7H3;1-2H3. The minimum Gasteiger partial charge on any atom is -0.372 e. The Morgan fingerprint density at radius 2 is 1.60 bits per heavy atom. The number of hydrogen-bond acceptors (Lipinski definition) is 4. The predicted molar refractivity (Wildman–Crippen MR) is 138 cm³/mol. The molecule has 30 heavy (non-hydrogen) atoms. The SMILES string of the molecule is C=C(C)C(C)(C)N(N)C(C)(C)CC.C=C1N(CCCC)CC(C)(C)NC1(C)C.CC. The van der Waals surface area contributed by atoms with Crippen molar-refractivity contribution < 1.29 is 0 Å². The minimum atomic E-state index is -0.139. The number of hydrazine groups is 1. The van der Waals surface area contributed by atoms with Crippen LogP contribution in [0, 0.1) is 0 Å². The van der Waals surface area contributed by atoms with E-state index in [2.05, 4.69) is 92.6 Å². The molecule has 1 aliphatic rings. The maximum atomic E-state index is 6.11. The van der Waals surface area contributed by atoms with Gasteiger partial charge in [0, 0.05) is 29.9 Å². The van der Waals surface area contributed by atoms with Gasteiger partial charge in [-0.2, -0.15) is 0 Å². The molecule has 0 amide bonds. The first-order valence-corrected chi connectivity index (χ1v) is 11.9. The summed E-state index contributed by atoms with van der Waals surface area (Å²) in [6.45, 7) is 38.3. The van der Waals surface area contributed by atoms with Crippen LogP contribution >= 0.6 is 0 Å². The average Bonchev–Trinajstić information content (AvgIpc) is 2.64. The quantitative estimate of drug-likeness (QED) is 0.278. The topological polar surface area (TPSA) is 44.5 Å². The highest BCUT2D eigenvalue weighted by atomic mass is 15.5. The van der Waals surface area contributed by atoms with Crippen LogP contribution in [0.3, 0.4) is 0 Å². The summed E-state index contributed by atoms with van der Waals surface area (Å²) in [6, 6.07) is 0. The lowest BCUT2D eigenvalue weighted by Crippen LogP contribution is -2.65. The summed E-state index contributed by atoms with van der Waals surface area (Å²) < 4.78 is 0. The van der Waals surface area contributed by atoms with E-state index in [0.29, 0.717) is 0 Å². The van der Waals surface area contributed by atoms with Gasteiger partial charge in [0.2, 0.25) is 0 Å². The third-order valence-electron chi connectivity index (χ3n) is 6.29. The summed E-state index contributed by atoms with van der Waals surface area (Å²) in [5.41, 5.74) is 2.40. The van der Waals surface area contributed by atoms with Gasteiger partial charge in [0.1, 0.15) is 0 Å². The van der Waals surface area contributed by atoms with Crippen LogP contribution in [0.25, 0.3) is 0 Å². The molecule has 0 aromatic rings. The molecule has 4 heteroatoms. The molecule has 0 aliphatic carbocycles. The van der Waals surface area contributed by atoms with Gasteiger partial charge in [-0.25, -0.2) is 5.01 Å². The van der Waals surface area contributed by atoms with Crippen LogP contribution in [0.2, 0.25) is 0 Å². The molecule has 0 saturated carbocycles. The van der Waals surface area contributed by atoms with E-state index in [4.69, 9.17) is 5.84 Å². The van der Waals surface area contributed by atoms with Crippen LogP contribution in [-0.4, -0.2) is 45.2 Å². The monoisotopic (exact) mass is 424 g/mol. The molecule has 1 saturated heterocycles. The second-order valence-electron chi connectivity index (χ2n) is 10.7. The van der Waals surface area contributed by atoms with Crippen LogP contribution in [0.15, 0.2) is 24.4 Å². The molecule has 3 N–H and O–H groups in total. The van der Waals surface area contributed by atoms with Crippen molar-refractivity contribution in [3.8, 4) is 0 Å². The zero-order chi connectivity index (χ0) is 24.6. The Morgan fingerprint density at radius 1 is 1.13 bits per heavy atom. The Balaban J connectivity index is 0. The Morgan fingerprint density at radius 3 is 1.97 bits per heavy atom. The third kappa shape index (κ3) is 9.11. The van der Waals surface area contributed by atoms with Crippen molar-refractivity contribution in [2.75, 3.05) is 13.1 Å². The van der Waals surface area contributed by atoms with Crippen molar-refractivity contribution in [1.82, 2.24) is 15.2 Å². The van der Waals surface area contributed by atoms with Gasteiger partial charge in [-0.1, -0.05) is 52.8 Å². The molecule has 180 valence electrons. The third-order valence-corrected chi connectivity index (χ3v) is 6.29. The fourth-order valence-corrected chi connectivity index (χ4v) is 3.62. The van der Waals surface area contributed by atoms with Crippen molar-refractivity contribution >= 4 is 0 Å². The Hall–Kier alpha value is -0.840. The molecular formula is C26H56N4. The van der Waals surface area contributed by atoms with Crippen molar-refractivity contribution in [2.24, 2.45) is 5.84 Å². The van der Waals surface area contributed by atoms with Crippen molar-refractivity contribution in [3.63, 3.8) is 0 Å². The predicted octanol–water partition coefficient (Wildman–Crippen LogP) is 6.49. The number of unbranched alkanes of at least 4 members (excludes halogenated alkanes) is 1. The van der Waals surface area contributed by atoms with Gasteiger partial charge in [0.05, 0.1) is 11.1 Å². The fraction of sp³-hybridized carbons (Fsp3) is 0.846. The first kappa shape index (κ1) is 31.3. The number of hydrogen-bond donors (Lipinski definition) is 2. The first-order chi connectivity index (χ1) is 13.4. The second kappa shape index (κ2) is 12.3. The van der Waals surface area contributed by atoms with Crippen molar-refractivity contribution in [3.05, 3.63) is 24.4 Å². The summed E-state index contributed by atoms with van der Waals surface area (Å²) in [5.74, 6) is 6.11. The number of nitrogens with two attached hydrogens (primary N) is 1. The zero-order valence-corrected chi connectivity index (χ0v) is 22.9. The molecular weight excluding hydrogens is 368 g/mol. The molecule has 1 aliphatic heterocycles. The van der Waals surface area contributed by atoms with Gasteiger partial charge in [0.15, 0.2) is 0 Å². The largest absolute Gasteiger partial charge is 0.372 e. The van der Waals surface area contributed by atoms with E-state index in [0.717, 1.165) is 25.1 Å². The lowest BCUT2D eigenvalue weighted by molar-refractivity contribution is 0.0340. The number of nitrogens with one attached hydrogen (secondary N) is 1. The van der Waals surface area contributed by atoms with Crippen LogP contribution < -0.4 is 11.2 Å². The summed E-state index contributed by atoms with van der Waals surface area (Å²) in [7, 11) is 0. The molecule has 0 aromatic heterocycles. The minimum absolute atomic E-state index is 0.0163. The zero-order valence-electron chi connectivity index (χ0n) is 22.9. The summed E-state index contributed by atoms with van der Waals surface area (Å²) >= 11 is 0. The average molecular weight is 425 g/mol. The van der Waals surface area contributed by atoms with Crippen molar-refractivity contribution in [1.29, 1.82) is 0 Å². The highest BCUT2D eigenvalue weighted by molar-refractivity contribution is 5.18. The van der Waals surface area contributed by atoms with Crippen molar-refractivity contribution in [2.45, 2.75) is 131 Å². The van der Waals surface area contributed by atoms with Gasteiger partial charge in [-0.05, 0) is 75.2 Å². The molecule has 0 spiro atoms. The summed E-state index contributed by atoms with van der Waals surface area (Å²) in [5, 5.41) is 5.55. The Kier molecular flexibility index (Phi) is 12.8. The summed E-state index contributed by atoms with van der Waals surface area (Å²) in [4.78, 5) is 2.44. The van der Waals surface area contributed by atoms with Crippen LogP contribution in [0.1, 0.15) is 109 Å². The lowest BCUT2D eigenvalue weighted by atomic mass is 9.88. The molecule has 0 atom stereocenters. The molecule has 1 rings (SSSR count). The lowest BCUT2D eigenvalue weighted by Gasteiger charge is -2.50. The highest BCUT2D eigenvalue weighted by Crippen LogP contribution is 2.29. The van der Waals surface area contributed by atoms with Gasteiger partial charge < -0.3 is 4.90 Å². The van der Waals surface area contributed by atoms with Gasteiger partial charge in [-0.3, -0.25) is 11.2 Å². The van der Waals surface area contributed by atoms with Crippen LogP contribution in [-0.2, 0) is 0 Å². The normalized spacial score (nSPS) is 18.2. The van der Waals surface area contributed by atoms with E-state index in [9.17, 15) is 0 Å². The molecule has 0 aromatic carbocycles. The number of piperazine rings is 1. The molecule has 1 fully saturated rings. The maximum absolute atomic E-state index is 6.11. The van der Waals surface area contributed by atoms with E-state index in [-0.39, 0.29) is 22.2 Å². The Bertz CT molecular complexity index is 529. The van der Waals surface area contributed by atoms with E-state index >= 15 is 0 Å². The fourth-order valence-electron chi connectivity index (χ4n) is 3.62. The molecule has 0 radical (unpaired) electrons. The number of nitrogens with zero attached hydrogens (tertiary/aromatic N) is 2.